The summed E-state index contributed by atoms with van der Waals surface area (Å²) in [5.74, 6) is 0.698. The normalized spacial score (nSPS) is 11.5. The standard InChI is InChI=1S/C64H42N4/c1-3-20-45(21-4-1)63-57-30-13-15-31-58(57)65-64(66-63)48-36-39-56-55-38-35-47(41-61(55)67(62(56)42-48)49-24-5-2-6-25-49)51-26-11-12-28-53(51)54-29-14-16-32-60(54)68(50-37-34-43-18-7-8-22-46(43)40-50)59-33-17-23-44-19-9-10-27-52(44)59/h1-42H. The average Bonchev–Trinajstić information content (AvgIpc) is 3.74. The summed E-state index contributed by atoms with van der Waals surface area (Å²) < 4.78 is 2.40. The number of anilines is 3. The molecule has 0 aliphatic heterocycles. The fraction of sp³-hybridized carbons (Fsp3) is 0. The second kappa shape index (κ2) is 16.4. The Labute approximate surface area is 394 Å². The number of hydrogen-bond acceptors (Lipinski definition) is 3. The van der Waals surface area contributed by atoms with Crippen molar-refractivity contribution in [3.8, 4) is 50.6 Å². The van der Waals surface area contributed by atoms with Crippen molar-refractivity contribution in [2.24, 2.45) is 0 Å². The Bertz CT molecular complexity index is 4040. The Morgan fingerprint density at radius 3 is 1.72 bits per heavy atom. The molecule has 318 valence electrons. The van der Waals surface area contributed by atoms with E-state index >= 15 is 0 Å². The zero-order chi connectivity index (χ0) is 45.0. The third-order valence-electron chi connectivity index (χ3n) is 13.4. The highest BCUT2D eigenvalue weighted by Gasteiger charge is 2.22. The molecule has 0 saturated carbocycles. The van der Waals surface area contributed by atoms with Crippen LogP contribution >= 0.6 is 0 Å². The zero-order valence-electron chi connectivity index (χ0n) is 37.0. The maximum atomic E-state index is 5.26. The van der Waals surface area contributed by atoms with Crippen LogP contribution in [0.4, 0.5) is 17.1 Å². The van der Waals surface area contributed by atoms with Crippen LogP contribution in [0.25, 0.3) is 105 Å². The predicted octanol–water partition coefficient (Wildman–Crippen LogP) is 17.2. The van der Waals surface area contributed by atoms with Crippen molar-refractivity contribution in [3.63, 3.8) is 0 Å². The second-order valence-corrected chi connectivity index (χ2v) is 17.3. The SMILES string of the molecule is c1ccc(-c2nc(-c3ccc4c5ccc(-c6ccccc6-c6ccccc6N(c6ccc7ccccc7c6)c6cccc7ccccc67)cc5n(-c5ccccc5)c4c3)nc3ccccc23)cc1. The summed E-state index contributed by atoms with van der Waals surface area (Å²) in [7, 11) is 0. The summed E-state index contributed by atoms with van der Waals surface area (Å²) in [6.07, 6.45) is 0. The minimum atomic E-state index is 0.698. The van der Waals surface area contributed by atoms with Crippen LogP contribution in [0.5, 0.6) is 0 Å². The van der Waals surface area contributed by atoms with E-state index in [1.165, 1.54) is 32.3 Å². The summed E-state index contributed by atoms with van der Waals surface area (Å²) in [5, 5.41) is 8.19. The van der Waals surface area contributed by atoms with Crippen molar-refractivity contribution < 1.29 is 0 Å². The Morgan fingerprint density at radius 2 is 0.912 bits per heavy atom. The van der Waals surface area contributed by atoms with Crippen LogP contribution < -0.4 is 4.90 Å². The highest BCUT2D eigenvalue weighted by Crippen LogP contribution is 2.47. The maximum Gasteiger partial charge on any atom is 0.160 e. The van der Waals surface area contributed by atoms with E-state index in [1.807, 2.05) is 12.1 Å². The molecule has 0 radical (unpaired) electrons. The van der Waals surface area contributed by atoms with Gasteiger partial charge in [0.25, 0.3) is 0 Å². The monoisotopic (exact) mass is 866 g/mol. The molecule has 68 heavy (non-hydrogen) atoms. The van der Waals surface area contributed by atoms with Gasteiger partial charge in [0, 0.05) is 49.6 Å². The van der Waals surface area contributed by atoms with Gasteiger partial charge in [0.05, 0.1) is 33.6 Å². The lowest BCUT2D eigenvalue weighted by Gasteiger charge is -2.29. The number of hydrogen-bond donors (Lipinski definition) is 0. The molecule has 0 amide bonds. The number of benzene rings is 11. The molecule has 0 spiro atoms. The molecule has 4 nitrogen and oxygen atoms in total. The highest BCUT2D eigenvalue weighted by molar-refractivity contribution is 6.12. The zero-order valence-corrected chi connectivity index (χ0v) is 37.0. The molecule has 2 heterocycles. The van der Waals surface area contributed by atoms with Gasteiger partial charge in [0.1, 0.15) is 0 Å². The third kappa shape index (κ3) is 6.69. The second-order valence-electron chi connectivity index (χ2n) is 17.3. The number of nitrogens with zero attached hydrogens (tertiary/aromatic N) is 4. The molecule has 13 aromatic rings. The molecule has 0 saturated heterocycles. The Morgan fingerprint density at radius 1 is 0.324 bits per heavy atom. The molecule has 2 aromatic heterocycles. The molecule has 13 rings (SSSR count). The summed E-state index contributed by atoms with van der Waals surface area (Å²) in [6, 6.07) is 91.4. The number of aromatic nitrogens is 3. The van der Waals surface area contributed by atoms with Crippen molar-refractivity contribution in [1.82, 2.24) is 14.5 Å². The van der Waals surface area contributed by atoms with Crippen LogP contribution in [0.2, 0.25) is 0 Å². The van der Waals surface area contributed by atoms with Gasteiger partial charge in [-0.1, -0.05) is 200 Å². The Kier molecular flexibility index (Phi) is 9.47. The first-order valence-corrected chi connectivity index (χ1v) is 23.2. The first-order valence-electron chi connectivity index (χ1n) is 23.2. The summed E-state index contributed by atoms with van der Waals surface area (Å²) in [4.78, 5) is 12.9. The van der Waals surface area contributed by atoms with Gasteiger partial charge in [-0.05, 0) is 87.4 Å². The van der Waals surface area contributed by atoms with Crippen molar-refractivity contribution in [2.45, 2.75) is 0 Å². The van der Waals surface area contributed by atoms with Crippen LogP contribution in [0, 0.1) is 0 Å². The van der Waals surface area contributed by atoms with Crippen LogP contribution in [0.3, 0.4) is 0 Å². The van der Waals surface area contributed by atoms with Gasteiger partial charge < -0.3 is 9.47 Å². The lowest BCUT2D eigenvalue weighted by molar-refractivity contribution is 1.18. The van der Waals surface area contributed by atoms with Gasteiger partial charge in [-0.25, -0.2) is 9.97 Å². The first-order chi connectivity index (χ1) is 33.7. The maximum absolute atomic E-state index is 5.26. The molecule has 0 fully saturated rings. The molecule has 4 heteroatoms. The Hall–Kier alpha value is -9.12. The number of fused-ring (bicyclic) bond motifs is 6. The van der Waals surface area contributed by atoms with Crippen molar-refractivity contribution in [1.29, 1.82) is 0 Å². The first kappa shape index (κ1) is 39.3. The van der Waals surface area contributed by atoms with Gasteiger partial charge in [-0.15, -0.1) is 0 Å². The molecular weight excluding hydrogens is 825 g/mol. The molecule has 0 atom stereocenters. The minimum Gasteiger partial charge on any atom is -0.309 e. The molecule has 11 aromatic carbocycles. The lowest BCUT2D eigenvalue weighted by atomic mass is 9.92. The van der Waals surface area contributed by atoms with Gasteiger partial charge in [-0.2, -0.15) is 0 Å². The van der Waals surface area contributed by atoms with E-state index in [-0.39, 0.29) is 0 Å². The van der Waals surface area contributed by atoms with Gasteiger partial charge in [0.15, 0.2) is 5.82 Å². The van der Waals surface area contributed by atoms with E-state index in [4.69, 9.17) is 9.97 Å². The van der Waals surface area contributed by atoms with Crippen LogP contribution in [-0.4, -0.2) is 14.5 Å². The third-order valence-corrected chi connectivity index (χ3v) is 13.4. The van der Waals surface area contributed by atoms with E-state index in [9.17, 15) is 0 Å². The molecular formula is C64H42N4. The van der Waals surface area contributed by atoms with E-state index in [1.54, 1.807) is 0 Å². The summed E-state index contributed by atoms with van der Waals surface area (Å²) >= 11 is 0. The van der Waals surface area contributed by atoms with Crippen molar-refractivity contribution in [2.75, 3.05) is 4.90 Å². The fourth-order valence-electron chi connectivity index (χ4n) is 10.2. The molecule has 0 N–H and O–H groups in total. The molecule has 0 unspecified atom stereocenters. The largest absolute Gasteiger partial charge is 0.309 e. The average molecular weight is 867 g/mol. The number of para-hydroxylation sites is 3. The van der Waals surface area contributed by atoms with E-state index in [0.717, 1.165) is 83.8 Å². The Balaban J connectivity index is 0.994. The lowest BCUT2D eigenvalue weighted by Crippen LogP contribution is -2.12. The molecule has 0 aliphatic rings. The van der Waals surface area contributed by atoms with Crippen LogP contribution in [0.15, 0.2) is 255 Å². The van der Waals surface area contributed by atoms with E-state index < -0.39 is 0 Å². The molecule has 0 bridgehead atoms. The van der Waals surface area contributed by atoms with Gasteiger partial charge in [-0.3, -0.25) is 0 Å². The van der Waals surface area contributed by atoms with Crippen molar-refractivity contribution in [3.05, 3.63) is 255 Å². The van der Waals surface area contributed by atoms with Crippen LogP contribution in [-0.2, 0) is 0 Å². The predicted molar refractivity (Wildman–Crippen MR) is 285 cm³/mol. The molecule has 0 aliphatic carbocycles. The van der Waals surface area contributed by atoms with Gasteiger partial charge >= 0.3 is 0 Å². The quantitative estimate of drug-likeness (QED) is 0.153. The van der Waals surface area contributed by atoms with Crippen LogP contribution in [0.1, 0.15) is 0 Å². The highest BCUT2D eigenvalue weighted by atomic mass is 15.1. The summed E-state index contributed by atoms with van der Waals surface area (Å²) in [5.41, 5.74) is 15.1. The van der Waals surface area contributed by atoms with E-state index in [2.05, 4.69) is 252 Å². The summed E-state index contributed by atoms with van der Waals surface area (Å²) in [6.45, 7) is 0. The van der Waals surface area contributed by atoms with Gasteiger partial charge in [0.2, 0.25) is 0 Å². The number of rotatable bonds is 8. The topological polar surface area (TPSA) is 34.0 Å². The smallest absolute Gasteiger partial charge is 0.160 e. The minimum absolute atomic E-state index is 0.698. The van der Waals surface area contributed by atoms with E-state index in [0.29, 0.717) is 5.82 Å². The fourth-order valence-corrected chi connectivity index (χ4v) is 10.2. The van der Waals surface area contributed by atoms with Crippen molar-refractivity contribution >= 4 is 71.3 Å².